The Morgan fingerprint density at radius 2 is 1.74 bits per heavy atom. The Kier molecular flexibility index (Phi) is 4.76. The second kappa shape index (κ2) is 6.16. The molecule has 0 spiro atoms. The molecule has 0 aromatic heterocycles. The van der Waals surface area contributed by atoms with E-state index in [2.05, 4.69) is 0 Å². The molecule has 2 N–H and O–H groups in total. The predicted octanol–water partition coefficient (Wildman–Crippen LogP) is 2.40. The summed E-state index contributed by atoms with van der Waals surface area (Å²) in [5, 5.41) is 0. The number of amides is 1. The van der Waals surface area contributed by atoms with Gasteiger partial charge in [0.2, 0.25) is 11.8 Å². The number of hydrogen-bond acceptors (Lipinski definition) is 2. The summed E-state index contributed by atoms with van der Waals surface area (Å²) in [5.41, 5.74) is 5.54. The van der Waals surface area contributed by atoms with Crippen molar-refractivity contribution in [1.82, 2.24) is 4.90 Å². The van der Waals surface area contributed by atoms with E-state index in [1.54, 1.807) is 0 Å². The minimum Gasteiger partial charge on any atom is -0.342 e. The van der Waals surface area contributed by atoms with Crippen LogP contribution in [0.3, 0.4) is 0 Å². The molecule has 1 aliphatic heterocycles. The van der Waals surface area contributed by atoms with Gasteiger partial charge in [-0.25, -0.2) is 8.78 Å². The van der Waals surface area contributed by atoms with Gasteiger partial charge in [0.15, 0.2) is 0 Å². The summed E-state index contributed by atoms with van der Waals surface area (Å²) in [5.74, 6) is -2.00. The number of carbonyl (C=O) groups excluding carboxylic acids is 1. The number of piperidine rings is 1. The Bertz CT molecular complexity index is 305. The first-order chi connectivity index (χ1) is 9.02. The minimum atomic E-state index is -2.55. The van der Waals surface area contributed by atoms with E-state index < -0.39 is 5.92 Å². The van der Waals surface area contributed by atoms with Crippen molar-refractivity contribution in [3.8, 4) is 0 Å². The number of hydrogen-bond donors (Lipinski definition) is 1. The molecule has 1 saturated carbocycles. The first-order valence-electron chi connectivity index (χ1n) is 7.38. The van der Waals surface area contributed by atoms with E-state index >= 15 is 0 Å². The second-order valence-corrected chi connectivity index (χ2v) is 5.98. The van der Waals surface area contributed by atoms with Crippen LogP contribution in [0.15, 0.2) is 0 Å². The van der Waals surface area contributed by atoms with E-state index in [0.717, 1.165) is 32.4 Å². The van der Waals surface area contributed by atoms with Crippen LogP contribution >= 0.6 is 0 Å². The van der Waals surface area contributed by atoms with E-state index in [4.69, 9.17) is 5.73 Å². The molecule has 0 atom stereocenters. The average Bonchev–Trinajstić information content (AvgIpc) is 2.39. The van der Waals surface area contributed by atoms with Gasteiger partial charge < -0.3 is 10.6 Å². The molecule has 0 unspecified atom stereocenters. The number of alkyl halides is 2. The topological polar surface area (TPSA) is 46.3 Å². The molecule has 0 aromatic carbocycles. The molecule has 5 heteroatoms. The monoisotopic (exact) mass is 274 g/mol. The maximum Gasteiger partial charge on any atom is 0.248 e. The van der Waals surface area contributed by atoms with Crippen molar-refractivity contribution in [2.24, 2.45) is 17.6 Å². The lowest BCUT2D eigenvalue weighted by molar-refractivity contribution is -0.141. The number of carbonyl (C=O) groups is 1. The standard InChI is InChI=1S/C14H24F2N2O/c15-14(16)6-1-12(2-7-14)13(19)18-9-4-11(3-8-17)5-10-18/h11-12H,1-10,17H2. The first kappa shape index (κ1) is 14.7. The lowest BCUT2D eigenvalue weighted by atomic mass is 9.85. The van der Waals surface area contributed by atoms with Gasteiger partial charge >= 0.3 is 0 Å². The summed E-state index contributed by atoms with van der Waals surface area (Å²) in [7, 11) is 0. The molecule has 0 aromatic rings. The zero-order chi connectivity index (χ0) is 13.9. The van der Waals surface area contributed by atoms with Crippen LogP contribution in [0.1, 0.15) is 44.9 Å². The normalized spacial score (nSPS) is 25.5. The maximum absolute atomic E-state index is 13.1. The smallest absolute Gasteiger partial charge is 0.248 e. The molecule has 1 heterocycles. The van der Waals surface area contributed by atoms with Crippen LogP contribution in [-0.2, 0) is 4.79 Å². The van der Waals surface area contributed by atoms with Crippen molar-refractivity contribution in [2.75, 3.05) is 19.6 Å². The largest absolute Gasteiger partial charge is 0.342 e. The van der Waals surface area contributed by atoms with Crippen molar-refractivity contribution in [3.05, 3.63) is 0 Å². The van der Waals surface area contributed by atoms with Crippen molar-refractivity contribution in [3.63, 3.8) is 0 Å². The summed E-state index contributed by atoms with van der Waals surface area (Å²) < 4.78 is 26.2. The fourth-order valence-electron chi connectivity index (χ4n) is 3.22. The van der Waals surface area contributed by atoms with Gasteiger partial charge in [0.1, 0.15) is 0 Å². The van der Waals surface area contributed by atoms with Gasteiger partial charge in [-0.2, -0.15) is 0 Å². The molecular weight excluding hydrogens is 250 g/mol. The molecular formula is C14H24F2N2O. The summed E-state index contributed by atoms with van der Waals surface area (Å²) in [6.45, 7) is 2.25. The van der Waals surface area contributed by atoms with Gasteiger partial charge in [0, 0.05) is 31.8 Å². The summed E-state index contributed by atoms with van der Waals surface area (Å²) in [6.07, 6.45) is 3.46. The molecule has 19 heavy (non-hydrogen) atoms. The highest BCUT2D eigenvalue weighted by Crippen LogP contribution is 2.37. The molecule has 3 nitrogen and oxygen atoms in total. The lowest BCUT2D eigenvalue weighted by Crippen LogP contribution is -2.43. The predicted molar refractivity (Wildman–Crippen MR) is 69.9 cm³/mol. The first-order valence-corrected chi connectivity index (χ1v) is 7.38. The van der Waals surface area contributed by atoms with Gasteiger partial charge in [-0.1, -0.05) is 0 Å². The Morgan fingerprint density at radius 3 is 2.26 bits per heavy atom. The molecule has 2 aliphatic rings. The Balaban J connectivity index is 1.78. The van der Waals surface area contributed by atoms with E-state index in [1.165, 1.54) is 0 Å². The number of nitrogens with zero attached hydrogens (tertiary/aromatic N) is 1. The van der Waals surface area contributed by atoms with Crippen molar-refractivity contribution in [1.29, 1.82) is 0 Å². The van der Waals surface area contributed by atoms with Gasteiger partial charge in [-0.05, 0) is 44.6 Å². The number of nitrogens with two attached hydrogens (primary N) is 1. The molecule has 2 rings (SSSR count). The van der Waals surface area contributed by atoms with E-state index in [-0.39, 0.29) is 24.7 Å². The third kappa shape index (κ3) is 3.88. The second-order valence-electron chi connectivity index (χ2n) is 5.98. The van der Waals surface area contributed by atoms with Crippen LogP contribution in [0.2, 0.25) is 0 Å². The molecule has 0 radical (unpaired) electrons. The van der Waals surface area contributed by atoms with Gasteiger partial charge in [0.05, 0.1) is 0 Å². The Hall–Kier alpha value is -0.710. The molecule has 0 bridgehead atoms. The van der Waals surface area contributed by atoms with E-state index in [1.807, 2.05) is 4.90 Å². The minimum absolute atomic E-state index is 0.0988. The fourth-order valence-corrected chi connectivity index (χ4v) is 3.22. The highest BCUT2D eigenvalue weighted by molar-refractivity contribution is 5.79. The Morgan fingerprint density at radius 1 is 1.16 bits per heavy atom. The Labute approximate surface area is 113 Å². The van der Waals surface area contributed by atoms with Crippen LogP contribution in [0.25, 0.3) is 0 Å². The van der Waals surface area contributed by atoms with Gasteiger partial charge in [-0.15, -0.1) is 0 Å². The molecule has 1 aliphatic carbocycles. The zero-order valence-electron chi connectivity index (χ0n) is 11.4. The summed E-state index contributed by atoms with van der Waals surface area (Å²) in [4.78, 5) is 14.2. The zero-order valence-corrected chi connectivity index (χ0v) is 11.4. The van der Waals surface area contributed by atoms with Crippen LogP contribution in [0.4, 0.5) is 8.78 Å². The van der Waals surface area contributed by atoms with Gasteiger partial charge in [-0.3, -0.25) is 4.79 Å². The number of likely N-dealkylation sites (tertiary alicyclic amines) is 1. The highest BCUT2D eigenvalue weighted by atomic mass is 19.3. The van der Waals surface area contributed by atoms with Crippen LogP contribution < -0.4 is 5.73 Å². The molecule has 1 saturated heterocycles. The van der Waals surface area contributed by atoms with Crippen molar-refractivity contribution < 1.29 is 13.6 Å². The third-order valence-corrected chi connectivity index (χ3v) is 4.57. The van der Waals surface area contributed by atoms with Crippen LogP contribution in [0.5, 0.6) is 0 Å². The molecule has 1 amide bonds. The fraction of sp³-hybridized carbons (Fsp3) is 0.929. The lowest BCUT2D eigenvalue weighted by Gasteiger charge is -2.36. The highest BCUT2D eigenvalue weighted by Gasteiger charge is 2.39. The SMILES string of the molecule is NCCC1CCN(C(=O)C2CCC(F)(F)CC2)CC1. The van der Waals surface area contributed by atoms with Crippen molar-refractivity contribution >= 4 is 5.91 Å². The molecule has 110 valence electrons. The summed E-state index contributed by atoms with van der Waals surface area (Å²) in [6, 6.07) is 0. The number of halogens is 2. The van der Waals surface area contributed by atoms with Gasteiger partial charge in [0.25, 0.3) is 0 Å². The van der Waals surface area contributed by atoms with Crippen molar-refractivity contribution in [2.45, 2.75) is 50.9 Å². The van der Waals surface area contributed by atoms with Crippen LogP contribution in [0, 0.1) is 11.8 Å². The summed E-state index contributed by atoms with van der Waals surface area (Å²) >= 11 is 0. The third-order valence-electron chi connectivity index (χ3n) is 4.57. The molecule has 2 fully saturated rings. The van der Waals surface area contributed by atoms with Crippen LogP contribution in [-0.4, -0.2) is 36.4 Å². The quantitative estimate of drug-likeness (QED) is 0.859. The van der Waals surface area contributed by atoms with E-state index in [0.29, 0.717) is 25.3 Å². The maximum atomic E-state index is 13.1. The number of rotatable bonds is 3. The average molecular weight is 274 g/mol. The van der Waals surface area contributed by atoms with E-state index in [9.17, 15) is 13.6 Å².